The first-order valence-corrected chi connectivity index (χ1v) is 13.9. The second kappa shape index (κ2) is 10.6. The summed E-state index contributed by atoms with van der Waals surface area (Å²) in [5.41, 5.74) is 3.85. The Morgan fingerprint density at radius 3 is 2.02 bits per heavy atom. The molecule has 9 nitrogen and oxygen atoms in total. The van der Waals surface area contributed by atoms with Crippen molar-refractivity contribution in [3.8, 4) is 0 Å². The molecule has 0 radical (unpaired) electrons. The summed E-state index contributed by atoms with van der Waals surface area (Å²) in [5.74, 6) is -1.52. The zero-order valence-electron chi connectivity index (χ0n) is 23.2. The summed E-state index contributed by atoms with van der Waals surface area (Å²) in [4.78, 5) is 55.1. The highest BCUT2D eigenvalue weighted by Crippen LogP contribution is 2.37. The first-order valence-electron chi connectivity index (χ1n) is 13.9. The number of hydrogen-bond donors (Lipinski definition) is 1. The highest BCUT2D eigenvalue weighted by atomic mass is 16.2. The van der Waals surface area contributed by atoms with Crippen molar-refractivity contribution in [3.05, 3.63) is 107 Å². The van der Waals surface area contributed by atoms with E-state index in [4.69, 9.17) is 0 Å². The molecular weight excluding hydrogens is 518 g/mol. The minimum atomic E-state index is -0.764. The minimum Gasteiger partial charge on any atom is -0.296 e. The van der Waals surface area contributed by atoms with Crippen molar-refractivity contribution in [2.45, 2.75) is 38.4 Å². The molecule has 0 bridgehead atoms. The van der Waals surface area contributed by atoms with Gasteiger partial charge in [0, 0.05) is 38.1 Å². The van der Waals surface area contributed by atoms with Crippen molar-refractivity contribution in [2.24, 2.45) is 0 Å². The Balaban J connectivity index is 1.19. The van der Waals surface area contributed by atoms with E-state index < -0.39 is 23.8 Å². The van der Waals surface area contributed by atoms with E-state index in [1.165, 1.54) is 11.1 Å². The number of imide groups is 2. The SMILES string of the molecule is CC1(C)CN(Cc2ccc3c(c2)C(=O)N(N2CCC(=O)NC2=O)C3=O)CCN1C(c1ccccc1)c1ccccc1. The summed E-state index contributed by atoms with van der Waals surface area (Å²) in [5, 5.41) is 4.04. The Morgan fingerprint density at radius 1 is 0.780 bits per heavy atom. The zero-order valence-corrected chi connectivity index (χ0v) is 23.2. The Morgan fingerprint density at radius 2 is 1.41 bits per heavy atom. The van der Waals surface area contributed by atoms with Gasteiger partial charge in [-0.25, -0.2) is 9.80 Å². The minimum absolute atomic E-state index is 0.0185. The second-order valence-electron chi connectivity index (χ2n) is 11.5. The van der Waals surface area contributed by atoms with E-state index in [-0.39, 0.29) is 35.7 Å². The maximum absolute atomic E-state index is 13.2. The van der Waals surface area contributed by atoms with Crippen molar-refractivity contribution < 1.29 is 19.2 Å². The van der Waals surface area contributed by atoms with Crippen LogP contribution in [0, 0.1) is 0 Å². The van der Waals surface area contributed by atoms with E-state index in [2.05, 4.69) is 77.5 Å². The van der Waals surface area contributed by atoms with Gasteiger partial charge in [0.2, 0.25) is 5.91 Å². The Labute approximate surface area is 239 Å². The third kappa shape index (κ3) is 5.03. The number of nitrogens with zero attached hydrogens (tertiary/aromatic N) is 4. The van der Waals surface area contributed by atoms with Gasteiger partial charge in [0.05, 0.1) is 23.7 Å². The largest absolute Gasteiger partial charge is 0.343 e. The van der Waals surface area contributed by atoms with Crippen molar-refractivity contribution >= 4 is 23.8 Å². The van der Waals surface area contributed by atoms with Gasteiger partial charge in [-0.3, -0.25) is 29.5 Å². The molecule has 0 spiro atoms. The van der Waals surface area contributed by atoms with Crippen molar-refractivity contribution in [1.29, 1.82) is 0 Å². The van der Waals surface area contributed by atoms with Crippen LogP contribution in [0.1, 0.15) is 63.7 Å². The van der Waals surface area contributed by atoms with Crippen molar-refractivity contribution in [3.63, 3.8) is 0 Å². The summed E-state index contributed by atoms with van der Waals surface area (Å²) < 4.78 is 0. The van der Waals surface area contributed by atoms with Crippen LogP contribution in [0.4, 0.5) is 4.79 Å². The quantitative estimate of drug-likeness (QED) is 0.469. The molecule has 0 aliphatic carbocycles. The molecule has 3 aliphatic rings. The first kappa shape index (κ1) is 26.9. The molecule has 0 unspecified atom stereocenters. The predicted molar refractivity (Wildman–Crippen MR) is 153 cm³/mol. The van der Waals surface area contributed by atoms with Gasteiger partial charge in [-0.1, -0.05) is 66.7 Å². The van der Waals surface area contributed by atoms with Crippen molar-refractivity contribution in [1.82, 2.24) is 25.1 Å². The van der Waals surface area contributed by atoms with E-state index in [0.29, 0.717) is 6.54 Å². The third-order valence-electron chi connectivity index (χ3n) is 8.20. The fourth-order valence-corrected chi connectivity index (χ4v) is 6.30. The summed E-state index contributed by atoms with van der Waals surface area (Å²) in [6, 6.07) is 25.9. The molecule has 9 heteroatoms. The van der Waals surface area contributed by atoms with Gasteiger partial charge in [0.1, 0.15) is 0 Å². The molecule has 3 aliphatic heterocycles. The zero-order chi connectivity index (χ0) is 28.7. The summed E-state index contributed by atoms with van der Waals surface area (Å²) >= 11 is 0. The number of benzene rings is 3. The topological polar surface area (TPSA) is 93.3 Å². The molecule has 3 aromatic rings. The Bertz CT molecular complexity index is 1470. The molecule has 2 fully saturated rings. The van der Waals surface area contributed by atoms with Gasteiger partial charge < -0.3 is 0 Å². The average molecular weight is 552 g/mol. The molecule has 0 atom stereocenters. The molecule has 5 amide bonds. The van der Waals surface area contributed by atoms with Crippen LogP contribution in [0.5, 0.6) is 0 Å². The molecule has 3 aromatic carbocycles. The van der Waals surface area contributed by atoms with E-state index in [1.54, 1.807) is 12.1 Å². The average Bonchev–Trinajstić information content (AvgIpc) is 3.20. The van der Waals surface area contributed by atoms with Gasteiger partial charge in [-0.05, 0) is 42.7 Å². The predicted octanol–water partition coefficient (Wildman–Crippen LogP) is 3.83. The lowest BCUT2D eigenvalue weighted by molar-refractivity contribution is -0.122. The highest BCUT2D eigenvalue weighted by molar-refractivity contribution is 6.22. The summed E-state index contributed by atoms with van der Waals surface area (Å²) in [6.45, 7) is 7.69. The molecule has 1 N–H and O–H groups in total. The fourth-order valence-electron chi connectivity index (χ4n) is 6.30. The van der Waals surface area contributed by atoms with E-state index >= 15 is 0 Å². The van der Waals surface area contributed by atoms with E-state index in [0.717, 1.165) is 35.2 Å². The molecule has 0 aromatic heterocycles. The number of amides is 5. The molecule has 2 saturated heterocycles. The van der Waals surface area contributed by atoms with Crippen LogP contribution in [-0.2, 0) is 11.3 Å². The number of carbonyl (C=O) groups is 4. The highest BCUT2D eigenvalue weighted by Gasteiger charge is 2.43. The maximum atomic E-state index is 13.2. The standard InChI is InChI=1S/C32H33N5O4/c1-32(2)21-34(17-18-35(32)28(23-9-5-3-6-10-23)24-11-7-4-8-12-24)20-22-13-14-25-26(19-22)30(40)37(29(25)39)36-16-15-27(38)33-31(36)41/h3-14,19,28H,15-18,20-21H2,1-2H3,(H,33,38,41). The summed E-state index contributed by atoms with van der Waals surface area (Å²) in [7, 11) is 0. The summed E-state index contributed by atoms with van der Waals surface area (Å²) in [6.07, 6.45) is 0.0293. The molecule has 6 rings (SSSR count). The lowest BCUT2D eigenvalue weighted by atomic mass is 9.89. The van der Waals surface area contributed by atoms with Gasteiger partial charge >= 0.3 is 6.03 Å². The molecular formula is C32H33N5O4. The number of carbonyl (C=O) groups excluding carboxylic acids is 4. The third-order valence-corrected chi connectivity index (χ3v) is 8.20. The number of fused-ring (bicyclic) bond motifs is 1. The van der Waals surface area contributed by atoms with Crippen LogP contribution in [0.25, 0.3) is 0 Å². The van der Waals surface area contributed by atoms with Crippen LogP contribution in [0.3, 0.4) is 0 Å². The molecule has 41 heavy (non-hydrogen) atoms. The lowest BCUT2D eigenvalue weighted by Crippen LogP contribution is -2.59. The van der Waals surface area contributed by atoms with Gasteiger partial charge in [0.25, 0.3) is 11.8 Å². The van der Waals surface area contributed by atoms with Gasteiger partial charge in [0.15, 0.2) is 0 Å². The Kier molecular flexibility index (Phi) is 6.93. The number of hydrogen-bond acceptors (Lipinski definition) is 6. The van der Waals surface area contributed by atoms with Gasteiger partial charge in [-0.15, -0.1) is 0 Å². The van der Waals surface area contributed by atoms with Crippen LogP contribution < -0.4 is 5.32 Å². The number of nitrogens with one attached hydrogen (secondary N) is 1. The van der Waals surface area contributed by atoms with Crippen molar-refractivity contribution in [2.75, 3.05) is 26.2 Å². The van der Waals surface area contributed by atoms with Crippen LogP contribution >= 0.6 is 0 Å². The second-order valence-corrected chi connectivity index (χ2v) is 11.5. The van der Waals surface area contributed by atoms with Crippen LogP contribution in [0.15, 0.2) is 78.9 Å². The Hall–Kier alpha value is -4.34. The normalized spacial score (nSPS) is 19.6. The maximum Gasteiger partial charge on any atom is 0.343 e. The molecule has 210 valence electrons. The first-order chi connectivity index (χ1) is 19.7. The molecule has 3 heterocycles. The van der Waals surface area contributed by atoms with E-state index in [1.807, 2.05) is 18.2 Å². The molecule has 0 saturated carbocycles. The number of urea groups is 1. The number of rotatable bonds is 6. The number of piperazine rings is 1. The number of hydrazine groups is 1. The smallest absolute Gasteiger partial charge is 0.296 e. The monoisotopic (exact) mass is 551 g/mol. The van der Waals surface area contributed by atoms with Gasteiger partial charge in [-0.2, -0.15) is 5.01 Å². The van der Waals surface area contributed by atoms with Crippen LogP contribution in [-0.4, -0.2) is 75.3 Å². The fraction of sp³-hybridized carbons (Fsp3) is 0.312. The van der Waals surface area contributed by atoms with E-state index in [9.17, 15) is 19.2 Å². The lowest BCUT2D eigenvalue weighted by Gasteiger charge is -2.51. The van der Waals surface area contributed by atoms with Crippen LogP contribution in [0.2, 0.25) is 0 Å².